The zero-order valence-corrected chi connectivity index (χ0v) is 11.5. The minimum absolute atomic E-state index is 0.179. The molecular weight excluding hydrogens is 303 g/mol. The van der Waals surface area contributed by atoms with Crippen LogP contribution in [0.2, 0.25) is 10.2 Å². The Morgan fingerprint density at radius 3 is 2.85 bits per heavy atom. The highest BCUT2D eigenvalue weighted by atomic mass is 35.5. The van der Waals surface area contributed by atoms with Crippen molar-refractivity contribution in [3.05, 3.63) is 46.2 Å². The molecule has 0 aliphatic carbocycles. The smallest absolute Gasteiger partial charge is 0.257 e. The van der Waals surface area contributed by atoms with Gasteiger partial charge in [-0.15, -0.1) is 0 Å². The number of hydrogen-bond acceptors (Lipinski definition) is 4. The van der Waals surface area contributed by atoms with Crippen molar-refractivity contribution in [2.75, 3.05) is 12.1 Å². The summed E-state index contributed by atoms with van der Waals surface area (Å²) in [7, 11) is 0. The fourth-order valence-electron chi connectivity index (χ4n) is 1.76. The second-order valence-electron chi connectivity index (χ2n) is 4.01. The van der Waals surface area contributed by atoms with Gasteiger partial charge in [0.1, 0.15) is 5.15 Å². The SMILES string of the molecule is O=C(Nc1ccc2c(c1)OCO2)c1cc(Cl)ncc1Cl. The summed E-state index contributed by atoms with van der Waals surface area (Å²) in [4.78, 5) is 15.9. The van der Waals surface area contributed by atoms with Gasteiger partial charge in [-0.3, -0.25) is 4.79 Å². The van der Waals surface area contributed by atoms with E-state index >= 15 is 0 Å². The van der Waals surface area contributed by atoms with Gasteiger partial charge in [-0.25, -0.2) is 4.98 Å². The fraction of sp³-hybridized carbons (Fsp3) is 0.0769. The van der Waals surface area contributed by atoms with E-state index in [0.717, 1.165) is 0 Å². The molecular formula is C13H8Cl2N2O3. The molecule has 3 rings (SSSR count). The lowest BCUT2D eigenvalue weighted by Crippen LogP contribution is -2.12. The minimum atomic E-state index is -0.377. The standard InChI is InChI=1S/C13H8Cl2N2O3/c14-9-5-16-12(15)4-8(9)13(18)17-7-1-2-10-11(3-7)20-6-19-10/h1-5H,6H2,(H,17,18). The normalized spacial score (nSPS) is 12.3. The molecule has 0 saturated carbocycles. The van der Waals surface area contributed by atoms with Gasteiger partial charge in [0.25, 0.3) is 5.91 Å². The van der Waals surface area contributed by atoms with E-state index in [4.69, 9.17) is 32.7 Å². The number of aromatic nitrogens is 1. The van der Waals surface area contributed by atoms with Crippen molar-refractivity contribution in [3.63, 3.8) is 0 Å². The van der Waals surface area contributed by atoms with Crippen molar-refractivity contribution < 1.29 is 14.3 Å². The minimum Gasteiger partial charge on any atom is -0.454 e. The van der Waals surface area contributed by atoms with Crippen molar-refractivity contribution in [2.24, 2.45) is 0 Å². The van der Waals surface area contributed by atoms with Gasteiger partial charge in [0.05, 0.1) is 10.6 Å². The molecule has 0 atom stereocenters. The Bertz CT molecular complexity index is 691. The van der Waals surface area contributed by atoms with Gasteiger partial charge in [-0.1, -0.05) is 23.2 Å². The molecule has 0 saturated heterocycles. The number of pyridine rings is 1. The van der Waals surface area contributed by atoms with Crippen molar-refractivity contribution >= 4 is 34.8 Å². The lowest BCUT2D eigenvalue weighted by Gasteiger charge is -2.07. The Kier molecular flexibility index (Phi) is 3.38. The van der Waals surface area contributed by atoms with Crippen molar-refractivity contribution in [1.29, 1.82) is 0 Å². The number of nitrogens with one attached hydrogen (secondary N) is 1. The lowest BCUT2D eigenvalue weighted by molar-refractivity contribution is 0.102. The summed E-state index contributed by atoms with van der Waals surface area (Å²) < 4.78 is 10.4. The summed E-state index contributed by atoms with van der Waals surface area (Å²) in [6, 6.07) is 6.52. The number of nitrogens with zero attached hydrogens (tertiary/aromatic N) is 1. The number of anilines is 1. The second kappa shape index (κ2) is 5.19. The number of rotatable bonds is 2. The summed E-state index contributed by atoms with van der Waals surface area (Å²) in [6.07, 6.45) is 1.33. The number of ether oxygens (including phenoxy) is 2. The summed E-state index contributed by atoms with van der Waals surface area (Å²) in [6.45, 7) is 0.179. The summed E-state index contributed by atoms with van der Waals surface area (Å²) in [5.74, 6) is 0.854. The summed E-state index contributed by atoms with van der Waals surface area (Å²) >= 11 is 11.7. The lowest BCUT2D eigenvalue weighted by atomic mass is 10.2. The largest absolute Gasteiger partial charge is 0.454 e. The van der Waals surface area contributed by atoms with E-state index in [1.165, 1.54) is 12.3 Å². The topological polar surface area (TPSA) is 60.5 Å². The highest BCUT2D eigenvalue weighted by molar-refractivity contribution is 6.35. The van der Waals surface area contributed by atoms with Crippen LogP contribution in [-0.4, -0.2) is 17.7 Å². The molecule has 102 valence electrons. The third-order valence-electron chi connectivity index (χ3n) is 2.70. The van der Waals surface area contributed by atoms with E-state index in [1.54, 1.807) is 18.2 Å². The monoisotopic (exact) mass is 310 g/mol. The summed E-state index contributed by atoms with van der Waals surface area (Å²) in [5, 5.41) is 3.14. The molecule has 1 aliphatic rings. The van der Waals surface area contributed by atoms with Crippen LogP contribution in [0, 0.1) is 0 Å². The molecule has 2 heterocycles. The first-order valence-corrected chi connectivity index (χ1v) is 6.41. The third-order valence-corrected chi connectivity index (χ3v) is 3.20. The predicted octanol–water partition coefficient (Wildman–Crippen LogP) is 3.37. The maximum absolute atomic E-state index is 12.1. The van der Waals surface area contributed by atoms with Crippen molar-refractivity contribution in [3.8, 4) is 11.5 Å². The molecule has 0 unspecified atom stereocenters. The number of fused-ring (bicyclic) bond motifs is 1. The van der Waals surface area contributed by atoms with E-state index < -0.39 is 0 Å². The van der Waals surface area contributed by atoms with Gasteiger partial charge in [0.15, 0.2) is 11.5 Å². The van der Waals surface area contributed by atoms with E-state index in [-0.39, 0.29) is 28.4 Å². The average Bonchev–Trinajstić information content (AvgIpc) is 2.89. The van der Waals surface area contributed by atoms with E-state index in [2.05, 4.69) is 10.3 Å². The van der Waals surface area contributed by atoms with Crippen LogP contribution in [0.1, 0.15) is 10.4 Å². The Balaban J connectivity index is 1.84. The molecule has 2 aromatic rings. The molecule has 7 heteroatoms. The zero-order chi connectivity index (χ0) is 14.1. The number of amides is 1. The Hall–Kier alpha value is -1.98. The molecule has 1 aromatic heterocycles. The van der Waals surface area contributed by atoms with Crippen LogP contribution in [-0.2, 0) is 0 Å². The van der Waals surface area contributed by atoms with Gasteiger partial charge in [0, 0.05) is 18.0 Å². The fourth-order valence-corrected chi connectivity index (χ4v) is 2.11. The quantitative estimate of drug-likeness (QED) is 0.864. The third kappa shape index (κ3) is 2.50. The maximum Gasteiger partial charge on any atom is 0.257 e. The Labute approximate surface area is 124 Å². The van der Waals surface area contributed by atoms with Gasteiger partial charge >= 0.3 is 0 Å². The van der Waals surface area contributed by atoms with Crippen LogP contribution in [0.4, 0.5) is 5.69 Å². The average molecular weight is 311 g/mol. The van der Waals surface area contributed by atoms with Crippen LogP contribution in [0.5, 0.6) is 11.5 Å². The van der Waals surface area contributed by atoms with Crippen LogP contribution in [0.25, 0.3) is 0 Å². The van der Waals surface area contributed by atoms with Gasteiger partial charge in [-0.05, 0) is 18.2 Å². The molecule has 1 amide bonds. The number of hydrogen-bond donors (Lipinski definition) is 1. The van der Waals surface area contributed by atoms with Crippen LogP contribution in [0.15, 0.2) is 30.5 Å². The highest BCUT2D eigenvalue weighted by Crippen LogP contribution is 2.34. The zero-order valence-electron chi connectivity index (χ0n) is 10.0. The first kappa shape index (κ1) is 13.0. The number of carbonyl (C=O) groups is 1. The molecule has 20 heavy (non-hydrogen) atoms. The van der Waals surface area contributed by atoms with Crippen LogP contribution >= 0.6 is 23.2 Å². The Morgan fingerprint density at radius 1 is 1.20 bits per heavy atom. The van der Waals surface area contributed by atoms with Crippen molar-refractivity contribution in [1.82, 2.24) is 4.98 Å². The summed E-state index contributed by atoms with van der Waals surface area (Å²) in [5.41, 5.74) is 0.826. The molecule has 0 spiro atoms. The Morgan fingerprint density at radius 2 is 2.00 bits per heavy atom. The van der Waals surface area contributed by atoms with Crippen molar-refractivity contribution in [2.45, 2.75) is 0 Å². The maximum atomic E-state index is 12.1. The molecule has 1 aromatic carbocycles. The highest BCUT2D eigenvalue weighted by Gasteiger charge is 2.16. The van der Waals surface area contributed by atoms with Crippen LogP contribution in [0.3, 0.4) is 0 Å². The number of benzene rings is 1. The predicted molar refractivity (Wildman–Crippen MR) is 74.8 cm³/mol. The van der Waals surface area contributed by atoms with Gasteiger partial charge in [0.2, 0.25) is 6.79 Å². The van der Waals surface area contributed by atoms with E-state index in [0.29, 0.717) is 17.2 Å². The number of carbonyl (C=O) groups excluding carboxylic acids is 1. The molecule has 5 nitrogen and oxygen atoms in total. The van der Waals surface area contributed by atoms with E-state index in [9.17, 15) is 4.79 Å². The van der Waals surface area contributed by atoms with E-state index in [1.807, 2.05) is 0 Å². The second-order valence-corrected chi connectivity index (χ2v) is 4.80. The molecule has 0 fully saturated rings. The van der Waals surface area contributed by atoms with Gasteiger partial charge in [-0.2, -0.15) is 0 Å². The van der Waals surface area contributed by atoms with Gasteiger partial charge < -0.3 is 14.8 Å². The first-order valence-electron chi connectivity index (χ1n) is 5.65. The molecule has 0 bridgehead atoms. The number of halogens is 2. The first-order chi connectivity index (χ1) is 9.63. The molecule has 1 N–H and O–H groups in total. The van der Waals surface area contributed by atoms with Crippen LogP contribution < -0.4 is 14.8 Å². The molecule has 0 radical (unpaired) electrons. The molecule has 1 aliphatic heterocycles.